The predicted molar refractivity (Wildman–Crippen MR) is 108 cm³/mol. The summed E-state index contributed by atoms with van der Waals surface area (Å²) in [5.74, 6) is 0.256. The van der Waals surface area contributed by atoms with Crippen LogP contribution in [0.2, 0.25) is 6.32 Å². The maximum Gasteiger partial charge on any atom is 0.451 e. The molecular weight excluding hydrogens is 367 g/mol. The lowest BCUT2D eigenvalue weighted by molar-refractivity contribution is 0.230. The molecular formula is C17H37BN4O4S. The third kappa shape index (κ3) is 6.12. The molecule has 0 bridgehead atoms. The first kappa shape index (κ1) is 23.1. The molecule has 0 radical (unpaired) electrons. The summed E-state index contributed by atoms with van der Waals surface area (Å²) in [5, 5.41) is 21.4. The Balaban J connectivity index is 2.12. The number of nitrogens with two attached hydrogens (primary N) is 1. The molecule has 2 aliphatic heterocycles. The molecule has 3 atom stereocenters. The molecule has 158 valence electrons. The topological polar surface area (TPSA) is 119 Å². The number of hydrogen-bond acceptors (Lipinski definition) is 6. The van der Waals surface area contributed by atoms with Gasteiger partial charge in [0.15, 0.2) is 0 Å². The van der Waals surface area contributed by atoms with E-state index in [4.69, 9.17) is 15.8 Å². The van der Waals surface area contributed by atoms with Crippen molar-refractivity contribution in [2.75, 3.05) is 32.7 Å². The van der Waals surface area contributed by atoms with E-state index in [2.05, 4.69) is 5.32 Å². The average molecular weight is 404 g/mol. The fourth-order valence-corrected chi connectivity index (χ4v) is 6.34. The van der Waals surface area contributed by atoms with Crippen LogP contribution in [0.3, 0.4) is 0 Å². The summed E-state index contributed by atoms with van der Waals surface area (Å²) in [4.78, 5) is 0. The molecule has 0 aromatic rings. The summed E-state index contributed by atoms with van der Waals surface area (Å²) in [6, 6.07) is -0.0150. The molecule has 0 aromatic heterocycles. The largest absolute Gasteiger partial charge is 0.451 e. The van der Waals surface area contributed by atoms with Crippen LogP contribution >= 0.6 is 0 Å². The molecule has 2 saturated heterocycles. The van der Waals surface area contributed by atoms with Crippen LogP contribution in [0.4, 0.5) is 0 Å². The van der Waals surface area contributed by atoms with Crippen LogP contribution in [0.25, 0.3) is 0 Å². The zero-order valence-electron chi connectivity index (χ0n) is 17.0. The quantitative estimate of drug-likeness (QED) is 0.397. The minimum Gasteiger partial charge on any atom is -0.427 e. The highest BCUT2D eigenvalue weighted by atomic mass is 32.2. The van der Waals surface area contributed by atoms with Crippen LogP contribution in [0.15, 0.2) is 0 Å². The number of nitrogens with zero attached hydrogens (tertiary/aromatic N) is 2. The second-order valence-electron chi connectivity index (χ2n) is 8.88. The SMILES string of the molecule is CC(C)CN([C@@H]1CCCNC1)S(=O)(=O)N1C[C@H](CCCB(O)O)[C@@](C)(N)C1. The Morgan fingerprint density at radius 2 is 2.11 bits per heavy atom. The van der Waals surface area contributed by atoms with E-state index in [9.17, 15) is 8.42 Å². The lowest BCUT2D eigenvalue weighted by Gasteiger charge is -2.37. The summed E-state index contributed by atoms with van der Waals surface area (Å²) < 4.78 is 30.2. The lowest BCUT2D eigenvalue weighted by Crippen LogP contribution is -2.54. The molecule has 8 nitrogen and oxygen atoms in total. The van der Waals surface area contributed by atoms with Gasteiger partial charge in [0.2, 0.25) is 0 Å². The van der Waals surface area contributed by atoms with Gasteiger partial charge in [-0.2, -0.15) is 17.0 Å². The lowest BCUT2D eigenvalue weighted by atomic mass is 9.79. The summed E-state index contributed by atoms with van der Waals surface area (Å²) in [7, 11) is -4.92. The highest BCUT2D eigenvalue weighted by Crippen LogP contribution is 2.33. The summed E-state index contributed by atoms with van der Waals surface area (Å²) in [6.45, 7) is 8.82. The fraction of sp³-hybridized carbons (Fsp3) is 1.00. The molecule has 2 rings (SSSR count). The second-order valence-corrected chi connectivity index (χ2v) is 10.8. The number of nitrogens with one attached hydrogen (secondary N) is 1. The van der Waals surface area contributed by atoms with Gasteiger partial charge < -0.3 is 21.1 Å². The van der Waals surface area contributed by atoms with Crippen molar-refractivity contribution in [3.05, 3.63) is 0 Å². The minimum absolute atomic E-state index is 0.0106. The third-order valence-corrected chi connectivity index (χ3v) is 7.71. The molecule has 5 N–H and O–H groups in total. The van der Waals surface area contributed by atoms with Gasteiger partial charge in [0.05, 0.1) is 0 Å². The monoisotopic (exact) mass is 404 g/mol. The van der Waals surface area contributed by atoms with Crippen molar-refractivity contribution in [2.45, 2.75) is 64.4 Å². The van der Waals surface area contributed by atoms with Crippen molar-refractivity contribution in [2.24, 2.45) is 17.6 Å². The van der Waals surface area contributed by atoms with Crippen molar-refractivity contribution < 1.29 is 18.5 Å². The Hall–Kier alpha value is -0.225. The summed E-state index contributed by atoms with van der Waals surface area (Å²) >= 11 is 0. The van der Waals surface area contributed by atoms with Crippen LogP contribution in [0, 0.1) is 11.8 Å². The number of piperidine rings is 1. The van der Waals surface area contributed by atoms with Crippen molar-refractivity contribution in [3.8, 4) is 0 Å². The van der Waals surface area contributed by atoms with Crippen LogP contribution in [-0.4, -0.2) is 78.5 Å². The van der Waals surface area contributed by atoms with E-state index in [0.29, 0.717) is 39.0 Å². The summed E-state index contributed by atoms with van der Waals surface area (Å²) in [6.07, 6.45) is 3.45. The Morgan fingerprint density at radius 1 is 1.41 bits per heavy atom. The van der Waals surface area contributed by atoms with Crippen LogP contribution in [0.1, 0.15) is 46.5 Å². The molecule has 0 aliphatic carbocycles. The molecule has 2 aliphatic rings. The van der Waals surface area contributed by atoms with E-state index >= 15 is 0 Å². The standard InChI is InChI=1S/C17H37BN4O4S/c1-14(2)11-22(16-7-5-9-20-10-16)27(25,26)21-12-15(17(3,19)13-21)6-4-8-18(23)24/h14-16,20,23-24H,4-13,19H2,1-3H3/t15-,16+,17-/m0/s1. The van der Waals surface area contributed by atoms with Gasteiger partial charge in [0, 0.05) is 37.8 Å². The summed E-state index contributed by atoms with van der Waals surface area (Å²) in [5.41, 5.74) is 5.83. The van der Waals surface area contributed by atoms with Gasteiger partial charge in [0.25, 0.3) is 10.2 Å². The number of hydrogen-bond donors (Lipinski definition) is 4. The zero-order valence-corrected chi connectivity index (χ0v) is 17.8. The average Bonchev–Trinajstić information content (AvgIpc) is 2.88. The molecule has 0 unspecified atom stereocenters. The van der Waals surface area contributed by atoms with E-state index < -0.39 is 22.9 Å². The molecule has 0 aromatic carbocycles. The smallest absolute Gasteiger partial charge is 0.427 e. The van der Waals surface area contributed by atoms with Gasteiger partial charge in [-0.3, -0.25) is 0 Å². The highest BCUT2D eigenvalue weighted by Gasteiger charge is 2.47. The van der Waals surface area contributed by atoms with Gasteiger partial charge >= 0.3 is 7.12 Å². The minimum atomic E-state index is -3.59. The number of rotatable bonds is 9. The molecule has 0 spiro atoms. The van der Waals surface area contributed by atoms with Gasteiger partial charge in [-0.05, 0) is 50.9 Å². The van der Waals surface area contributed by atoms with E-state index in [-0.39, 0.29) is 24.2 Å². The third-order valence-electron chi connectivity index (χ3n) is 5.73. The van der Waals surface area contributed by atoms with E-state index in [1.165, 1.54) is 0 Å². The first-order valence-electron chi connectivity index (χ1n) is 10.2. The van der Waals surface area contributed by atoms with Gasteiger partial charge in [-0.1, -0.05) is 20.3 Å². The fourth-order valence-electron chi connectivity index (χ4n) is 4.19. The first-order valence-corrected chi connectivity index (χ1v) is 11.6. The Morgan fingerprint density at radius 3 is 2.67 bits per heavy atom. The highest BCUT2D eigenvalue weighted by molar-refractivity contribution is 7.86. The first-order chi connectivity index (χ1) is 12.5. The molecule has 0 saturated carbocycles. The van der Waals surface area contributed by atoms with Crippen LogP contribution < -0.4 is 11.1 Å². The molecule has 0 amide bonds. The van der Waals surface area contributed by atoms with Crippen LogP contribution in [-0.2, 0) is 10.2 Å². The van der Waals surface area contributed by atoms with Gasteiger partial charge in [-0.15, -0.1) is 0 Å². The molecule has 27 heavy (non-hydrogen) atoms. The maximum absolute atomic E-state index is 13.5. The Bertz CT molecular complexity index is 567. The maximum atomic E-state index is 13.5. The van der Waals surface area contributed by atoms with Crippen molar-refractivity contribution >= 4 is 17.3 Å². The van der Waals surface area contributed by atoms with Crippen LogP contribution in [0.5, 0.6) is 0 Å². The molecule has 2 heterocycles. The predicted octanol–water partition coefficient (Wildman–Crippen LogP) is -0.157. The second kappa shape index (κ2) is 9.52. The van der Waals surface area contributed by atoms with E-state index in [0.717, 1.165) is 19.4 Å². The van der Waals surface area contributed by atoms with Gasteiger partial charge in [-0.25, -0.2) is 0 Å². The normalized spacial score (nSPS) is 30.4. The molecule has 2 fully saturated rings. The Kier molecular flexibility index (Phi) is 8.13. The molecule has 10 heteroatoms. The van der Waals surface area contributed by atoms with Gasteiger partial charge in [0.1, 0.15) is 0 Å². The van der Waals surface area contributed by atoms with Crippen molar-refractivity contribution in [1.29, 1.82) is 0 Å². The zero-order chi connectivity index (χ0) is 20.2. The van der Waals surface area contributed by atoms with Crippen molar-refractivity contribution in [1.82, 2.24) is 13.9 Å². The van der Waals surface area contributed by atoms with E-state index in [1.54, 1.807) is 8.61 Å². The van der Waals surface area contributed by atoms with Crippen molar-refractivity contribution in [3.63, 3.8) is 0 Å². The van der Waals surface area contributed by atoms with E-state index in [1.807, 2.05) is 20.8 Å². The Labute approximate surface area is 164 Å².